The van der Waals surface area contributed by atoms with Crippen LogP contribution < -0.4 is 10.2 Å². The molecule has 0 saturated carbocycles. The number of thiophene rings is 1. The highest BCUT2D eigenvalue weighted by molar-refractivity contribution is 7.11. The number of nitrogens with one attached hydrogen (secondary N) is 1. The summed E-state index contributed by atoms with van der Waals surface area (Å²) < 4.78 is 0. The van der Waals surface area contributed by atoms with Crippen molar-refractivity contribution in [3.8, 4) is 0 Å². The first kappa shape index (κ1) is 17.2. The molecule has 4 rings (SSSR count). The van der Waals surface area contributed by atoms with Crippen LogP contribution in [0.2, 0.25) is 0 Å². The molecule has 4 nitrogen and oxygen atoms in total. The van der Waals surface area contributed by atoms with E-state index in [-0.39, 0.29) is 11.8 Å². The van der Waals surface area contributed by atoms with Crippen molar-refractivity contribution < 1.29 is 9.59 Å². The van der Waals surface area contributed by atoms with Crippen LogP contribution in [-0.2, 0) is 9.59 Å². The number of aryl methyl sites for hydroxylation is 2. The first-order valence-corrected chi connectivity index (χ1v) is 9.50. The van der Waals surface area contributed by atoms with E-state index in [4.69, 9.17) is 0 Å². The smallest absolute Gasteiger partial charge is 0.282 e. The second-order valence-electron chi connectivity index (χ2n) is 6.45. The van der Waals surface area contributed by atoms with Crippen molar-refractivity contribution >= 4 is 40.1 Å². The largest absolute Gasteiger partial charge is 0.350 e. The van der Waals surface area contributed by atoms with Crippen molar-refractivity contribution in [1.29, 1.82) is 0 Å². The molecule has 1 aliphatic heterocycles. The second kappa shape index (κ2) is 6.85. The molecule has 1 aromatic heterocycles. The number of nitrogens with zero attached hydrogens (tertiary/aromatic N) is 1. The zero-order valence-corrected chi connectivity index (χ0v) is 15.8. The van der Waals surface area contributed by atoms with Crippen molar-refractivity contribution in [2.45, 2.75) is 13.8 Å². The Labute approximate surface area is 161 Å². The molecule has 27 heavy (non-hydrogen) atoms. The number of imide groups is 1. The molecule has 0 atom stereocenters. The quantitative estimate of drug-likeness (QED) is 0.670. The lowest BCUT2D eigenvalue weighted by molar-refractivity contribution is -0.120. The minimum atomic E-state index is -0.332. The molecule has 2 amide bonds. The third-order valence-electron chi connectivity index (χ3n) is 4.50. The van der Waals surface area contributed by atoms with E-state index in [0.29, 0.717) is 17.0 Å². The molecule has 3 aromatic rings. The maximum atomic E-state index is 13.3. The van der Waals surface area contributed by atoms with Crippen LogP contribution in [-0.4, -0.2) is 11.8 Å². The summed E-state index contributed by atoms with van der Waals surface area (Å²) in [5, 5.41) is 5.07. The van der Waals surface area contributed by atoms with Gasteiger partial charge in [-0.2, -0.15) is 0 Å². The predicted octanol–water partition coefficient (Wildman–Crippen LogP) is 4.76. The van der Waals surface area contributed by atoms with Crippen LogP contribution in [0, 0.1) is 13.8 Å². The van der Waals surface area contributed by atoms with Gasteiger partial charge in [0.05, 0.1) is 11.3 Å². The topological polar surface area (TPSA) is 49.4 Å². The molecule has 0 fully saturated rings. The average molecular weight is 374 g/mol. The molecule has 0 radical (unpaired) electrons. The average Bonchev–Trinajstić information content (AvgIpc) is 3.26. The lowest BCUT2D eigenvalue weighted by atomic mass is 10.1. The second-order valence-corrected chi connectivity index (χ2v) is 7.40. The molecule has 2 aromatic carbocycles. The van der Waals surface area contributed by atoms with Gasteiger partial charge in [-0.05, 0) is 54.6 Å². The molecule has 0 aliphatic carbocycles. The molecule has 1 N–H and O–H groups in total. The minimum absolute atomic E-state index is 0.297. The van der Waals surface area contributed by atoms with Crippen LogP contribution in [0.4, 0.5) is 11.4 Å². The maximum absolute atomic E-state index is 13.3. The molecule has 0 unspecified atom stereocenters. The molecule has 134 valence electrons. The highest BCUT2D eigenvalue weighted by Crippen LogP contribution is 2.36. The molecular formula is C22H18N2O2S. The Balaban J connectivity index is 1.83. The van der Waals surface area contributed by atoms with Crippen molar-refractivity contribution in [2.24, 2.45) is 0 Å². The van der Waals surface area contributed by atoms with E-state index in [1.165, 1.54) is 16.2 Å². The standard InChI is InChI=1S/C22H18N2O2S/c1-14-10-11-15(2)17(13-14)24-21(25)19(18-9-6-12-27-18)20(22(24)26)23-16-7-4-3-5-8-16/h3-13,23H,1-2H3. The zero-order valence-electron chi connectivity index (χ0n) is 15.0. The van der Waals surface area contributed by atoms with Gasteiger partial charge in [-0.3, -0.25) is 9.59 Å². The molecule has 0 saturated heterocycles. The van der Waals surface area contributed by atoms with E-state index in [9.17, 15) is 9.59 Å². The van der Waals surface area contributed by atoms with Crippen molar-refractivity contribution in [2.75, 3.05) is 10.2 Å². The number of rotatable bonds is 4. The van der Waals surface area contributed by atoms with Crippen LogP contribution in [0.25, 0.3) is 5.57 Å². The Morgan fingerprint density at radius 3 is 2.37 bits per heavy atom. The van der Waals surface area contributed by atoms with E-state index in [0.717, 1.165) is 21.7 Å². The normalized spacial score (nSPS) is 14.2. The molecule has 0 spiro atoms. The van der Waals surface area contributed by atoms with Gasteiger partial charge in [0.15, 0.2) is 0 Å². The van der Waals surface area contributed by atoms with Gasteiger partial charge in [0, 0.05) is 10.6 Å². The maximum Gasteiger partial charge on any atom is 0.282 e. The number of para-hydroxylation sites is 1. The third kappa shape index (κ3) is 3.06. The number of benzene rings is 2. The van der Waals surface area contributed by atoms with E-state index in [1.807, 2.05) is 79.9 Å². The summed E-state index contributed by atoms with van der Waals surface area (Å²) in [5.41, 5.74) is 4.01. The number of amides is 2. The van der Waals surface area contributed by atoms with Gasteiger partial charge in [-0.15, -0.1) is 11.3 Å². The van der Waals surface area contributed by atoms with Crippen LogP contribution in [0.5, 0.6) is 0 Å². The Bertz CT molecular complexity index is 1050. The predicted molar refractivity (Wildman–Crippen MR) is 110 cm³/mol. The summed E-state index contributed by atoms with van der Waals surface area (Å²) in [7, 11) is 0. The Hall–Kier alpha value is -3.18. The summed E-state index contributed by atoms with van der Waals surface area (Å²) in [6, 6.07) is 18.9. The summed E-state index contributed by atoms with van der Waals surface area (Å²) in [6.07, 6.45) is 0. The Morgan fingerprint density at radius 1 is 0.889 bits per heavy atom. The van der Waals surface area contributed by atoms with Gasteiger partial charge in [-0.1, -0.05) is 36.4 Å². The highest BCUT2D eigenvalue weighted by atomic mass is 32.1. The fraction of sp³-hybridized carbons (Fsp3) is 0.0909. The highest BCUT2D eigenvalue weighted by Gasteiger charge is 2.41. The summed E-state index contributed by atoms with van der Waals surface area (Å²) in [4.78, 5) is 28.6. The molecule has 2 heterocycles. The van der Waals surface area contributed by atoms with Crippen LogP contribution >= 0.6 is 11.3 Å². The molecular weight excluding hydrogens is 356 g/mol. The minimum Gasteiger partial charge on any atom is -0.350 e. The van der Waals surface area contributed by atoms with Crippen LogP contribution in [0.15, 0.2) is 71.7 Å². The fourth-order valence-electron chi connectivity index (χ4n) is 3.14. The Morgan fingerprint density at radius 2 is 1.67 bits per heavy atom. The monoisotopic (exact) mass is 374 g/mol. The Kier molecular flexibility index (Phi) is 4.38. The van der Waals surface area contributed by atoms with Crippen LogP contribution in [0.3, 0.4) is 0 Å². The van der Waals surface area contributed by atoms with E-state index in [1.54, 1.807) is 0 Å². The number of anilines is 2. The van der Waals surface area contributed by atoms with Crippen molar-refractivity contribution in [1.82, 2.24) is 0 Å². The van der Waals surface area contributed by atoms with E-state index < -0.39 is 0 Å². The summed E-state index contributed by atoms with van der Waals surface area (Å²) in [5.74, 6) is -0.629. The van der Waals surface area contributed by atoms with Crippen molar-refractivity contribution in [3.63, 3.8) is 0 Å². The van der Waals surface area contributed by atoms with Gasteiger partial charge >= 0.3 is 0 Å². The SMILES string of the molecule is Cc1ccc(C)c(N2C(=O)C(Nc3ccccc3)=C(c3cccs3)C2=O)c1. The van der Waals surface area contributed by atoms with E-state index in [2.05, 4.69) is 5.32 Å². The first-order chi connectivity index (χ1) is 13.1. The third-order valence-corrected chi connectivity index (χ3v) is 5.39. The van der Waals surface area contributed by atoms with Crippen LogP contribution in [0.1, 0.15) is 16.0 Å². The lowest BCUT2D eigenvalue weighted by Crippen LogP contribution is -2.33. The zero-order chi connectivity index (χ0) is 19.0. The van der Waals surface area contributed by atoms with Gasteiger partial charge < -0.3 is 5.32 Å². The lowest BCUT2D eigenvalue weighted by Gasteiger charge is -2.18. The van der Waals surface area contributed by atoms with Gasteiger partial charge in [0.25, 0.3) is 11.8 Å². The fourth-order valence-corrected chi connectivity index (χ4v) is 3.91. The first-order valence-electron chi connectivity index (χ1n) is 8.62. The van der Waals surface area contributed by atoms with Crippen molar-refractivity contribution in [3.05, 3.63) is 87.7 Å². The molecule has 1 aliphatic rings. The number of hydrogen-bond acceptors (Lipinski definition) is 4. The number of hydrogen-bond donors (Lipinski definition) is 1. The number of carbonyl (C=O) groups is 2. The molecule has 0 bridgehead atoms. The van der Waals surface area contributed by atoms with Gasteiger partial charge in [0.2, 0.25) is 0 Å². The summed E-state index contributed by atoms with van der Waals surface area (Å²) >= 11 is 1.45. The summed E-state index contributed by atoms with van der Waals surface area (Å²) in [6.45, 7) is 3.85. The van der Waals surface area contributed by atoms with Gasteiger partial charge in [-0.25, -0.2) is 4.90 Å². The molecule has 5 heteroatoms. The number of carbonyl (C=O) groups excluding carboxylic acids is 2. The van der Waals surface area contributed by atoms with Gasteiger partial charge in [0.1, 0.15) is 5.70 Å². The van der Waals surface area contributed by atoms with E-state index >= 15 is 0 Å².